The molecule has 1 aromatic heterocycles. The Balaban J connectivity index is 2.36. The Morgan fingerprint density at radius 1 is 1.29 bits per heavy atom. The molecule has 0 saturated heterocycles. The number of pyridine rings is 1. The maximum absolute atomic E-state index is 12.8. The van der Waals surface area contributed by atoms with E-state index in [0.717, 1.165) is 37.2 Å². The van der Waals surface area contributed by atoms with Crippen molar-refractivity contribution in [3.63, 3.8) is 0 Å². The zero-order chi connectivity index (χ0) is 15.4. The van der Waals surface area contributed by atoms with Gasteiger partial charge < -0.3 is 9.67 Å². The van der Waals surface area contributed by atoms with Gasteiger partial charge in [-0.25, -0.2) is 4.79 Å². The number of hydrogen-bond donors (Lipinski definition) is 1. The number of aromatic carboxylic acids is 1. The van der Waals surface area contributed by atoms with E-state index in [4.69, 9.17) is 5.11 Å². The molecular weight excluding hydrogens is 287 g/mol. The Morgan fingerprint density at radius 2 is 1.95 bits per heavy atom. The fourth-order valence-corrected chi connectivity index (χ4v) is 2.33. The number of aromatic nitrogens is 1. The summed E-state index contributed by atoms with van der Waals surface area (Å²) in [7, 11) is 0. The zero-order valence-corrected chi connectivity index (χ0v) is 10.6. The second kappa shape index (κ2) is 4.34. The van der Waals surface area contributed by atoms with Crippen LogP contribution < -0.4 is 5.43 Å². The van der Waals surface area contributed by atoms with Gasteiger partial charge in [-0.15, -0.1) is 0 Å². The van der Waals surface area contributed by atoms with E-state index in [1.807, 2.05) is 0 Å². The maximum atomic E-state index is 12.8. The first-order chi connectivity index (χ1) is 9.79. The highest BCUT2D eigenvalue weighted by atomic mass is 19.4. The summed E-state index contributed by atoms with van der Waals surface area (Å²) in [6, 6.07) is 2.70. The van der Waals surface area contributed by atoms with Gasteiger partial charge >= 0.3 is 12.1 Å². The molecule has 0 bridgehead atoms. The number of benzene rings is 1. The third kappa shape index (κ3) is 2.28. The van der Waals surface area contributed by atoms with Crippen molar-refractivity contribution in [2.75, 3.05) is 0 Å². The lowest BCUT2D eigenvalue weighted by Gasteiger charge is -2.13. The fraction of sp³-hybridized carbons (Fsp3) is 0.286. The zero-order valence-electron chi connectivity index (χ0n) is 10.6. The third-order valence-electron chi connectivity index (χ3n) is 3.53. The van der Waals surface area contributed by atoms with Crippen LogP contribution in [0.15, 0.2) is 29.2 Å². The first-order valence-electron chi connectivity index (χ1n) is 6.28. The smallest absolute Gasteiger partial charge is 0.416 e. The fourth-order valence-electron chi connectivity index (χ4n) is 2.33. The molecule has 1 fully saturated rings. The van der Waals surface area contributed by atoms with Crippen molar-refractivity contribution in [1.82, 2.24) is 4.57 Å². The molecule has 1 aliphatic carbocycles. The average Bonchev–Trinajstić information content (AvgIpc) is 3.21. The van der Waals surface area contributed by atoms with E-state index in [1.165, 1.54) is 4.57 Å². The van der Waals surface area contributed by atoms with E-state index < -0.39 is 28.7 Å². The van der Waals surface area contributed by atoms with Crippen LogP contribution in [-0.4, -0.2) is 15.6 Å². The highest BCUT2D eigenvalue weighted by Gasteiger charge is 2.32. The molecule has 0 radical (unpaired) electrons. The number of nitrogens with zero attached hydrogens (tertiary/aromatic N) is 1. The van der Waals surface area contributed by atoms with Gasteiger partial charge in [0.15, 0.2) is 0 Å². The van der Waals surface area contributed by atoms with Gasteiger partial charge in [-0.1, -0.05) is 0 Å². The van der Waals surface area contributed by atoms with Gasteiger partial charge in [0.1, 0.15) is 5.56 Å². The molecule has 1 saturated carbocycles. The lowest BCUT2D eigenvalue weighted by Crippen LogP contribution is -2.19. The van der Waals surface area contributed by atoms with E-state index in [1.54, 1.807) is 0 Å². The Hall–Kier alpha value is -2.31. The van der Waals surface area contributed by atoms with Crippen molar-refractivity contribution in [1.29, 1.82) is 0 Å². The van der Waals surface area contributed by atoms with Crippen LogP contribution >= 0.6 is 0 Å². The highest BCUT2D eigenvalue weighted by Crippen LogP contribution is 2.38. The van der Waals surface area contributed by atoms with Crippen LogP contribution in [0.4, 0.5) is 13.2 Å². The van der Waals surface area contributed by atoms with Crippen molar-refractivity contribution in [2.45, 2.75) is 25.1 Å². The molecule has 1 heterocycles. The van der Waals surface area contributed by atoms with Gasteiger partial charge in [0.2, 0.25) is 5.43 Å². The van der Waals surface area contributed by atoms with E-state index in [0.29, 0.717) is 0 Å². The van der Waals surface area contributed by atoms with Crippen LogP contribution in [0, 0.1) is 0 Å². The van der Waals surface area contributed by atoms with Crippen molar-refractivity contribution < 1.29 is 23.1 Å². The minimum Gasteiger partial charge on any atom is -0.477 e. The summed E-state index contributed by atoms with van der Waals surface area (Å²) in [6.45, 7) is 0. The lowest BCUT2D eigenvalue weighted by molar-refractivity contribution is -0.137. The molecule has 2 aromatic rings. The minimum atomic E-state index is -4.51. The highest BCUT2D eigenvalue weighted by molar-refractivity contribution is 5.92. The number of rotatable bonds is 2. The quantitative estimate of drug-likeness (QED) is 0.926. The summed E-state index contributed by atoms with van der Waals surface area (Å²) in [6.07, 6.45) is -1.85. The van der Waals surface area contributed by atoms with Crippen LogP contribution in [0.25, 0.3) is 10.9 Å². The number of carbonyl (C=O) groups is 1. The molecule has 1 aliphatic rings. The van der Waals surface area contributed by atoms with Gasteiger partial charge in [-0.2, -0.15) is 13.2 Å². The van der Waals surface area contributed by atoms with E-state index in [-0.39, 0.29) is 16.9 Å². The van der Waals surface area contributed by atoms with Crippen molar-refractivity contribution >= 4 is 16.9 Å². The molecular formula is C14H10F3NO3. The summed E-state index contributed by atoms with van der Waals surface area (Å²) in [5.74, 6) is -1.38. The van der Waals surface area contributed by atoms with Crippen molar-refractivity contribution in [3.05, 3.63) is 45.7 Å². The molecule has 0 unspecified atom stereocenters. The number of carboxylic acid groups (broad SMARTS) is 1. The average molecular weight is 297 g/mol. The Bertz CT molecular complexity index is 803. The van der Waals surface area contributed by atoms with Gasteiger partial charge in [0.05, 0.1) is 11.1 Å². The molecule has 4 nitrogen and oxygen atoms in total. The lowest BCUT2D eigenvalue weighted by atomic mass is 10.1. The standard InChI is InChI=1S/C14H10F3NO3/c15-14(16,17)7-1-4-9-11(5-7)18(8-2-3-8)6-10(12(9)19)13(20)21/h1,4-6,8H,2-3H2,(H,20,21). The SMILES string of the molecule is O=C(O)c1cn(C2CC2)c2cc(C(F)(F)F)ccc2c1=O. The second-order valence-corrected chi connectivity index (χ2v) is 5.05. The number of hydrogen-bond acceptors (Lipinski definition) is 2. The topological polar surface area (TPSA) is 59.3 Å². The molecule has 1 aromatic carbocycles. The monoisotopic (exact) mass is 297 g/mol. The van der Waals surface area contributed by atoms with Crippen LogP contribution in [0.1, 0.15) is 34.8 Å². The summed E-state index contributed by atoms with van der Waals surface area (Å²) in [5, 5.41) is 9.04. The minimum absolute atomic E-state index is 0.00481. The predicted molar refractivity (Wildman–Crippen MR) is 68.4 cm³/mol. The van der Waals surface area contributed by atoms with E-state index in [9.17, 15) is 22.8 Å². The molecule has 0 amide bonds. The first-order valence-corrected chi connectivity index (χ1v) is 6.28. The molecule has 7 heteroatoms. The first kappa shape index (κ1) is 13.7. The van der Waals surface area contributed by atoms with E-state index >= 15 is 0 Å². The molecule has 21 heavy (non-hydrogen) atoms. The van der Waals surface area contributed by atoms with E-state index in [2.05, 4.69) is 0 Å². The van der Waals surface area contributed by atoms with Crippen LogP contribution in [0.3, 0.4) is 0 Å². The second-order valence-electron chi connectivity index (χ2n) is 5.05. The summed E-state index contributed by atoms with van der Waals surface area (Å²) >= 11 is 0. The van der Waals surface area contributed by atoms with Gasteiger partial charge in [0.25, 0.3) is 0 Å². The molecule has 3 rings (SSSR count). The Labute approximate surface area is 116 Å². The molecule has 0 spiro atoms. The molecule has 110 valence electrons. The van der Waals surface area contributed by atoms with Crippen LogP contribution in [0.2, 0.25) is 0 Å². The van der Waals surface area contributed by atoms with Gasteiger partial charge in [-0.05, 0) is 31.0 Å². The Kier molecular flexibility index (Phi) is 2.82. The van der Waals surface area contributed by atoms with Crippen molar-refractivity contribution in [2.24, 2.45) is 0 Å². The predicted octanol–water partition coefficient (Wildman–Crippen LogP) is 3.05. The molecule has 0 aliphatic heterocycles. The maximum Gasteiger partial charge on any atom is 0.416 e. The number of alkyl halides is 3. The Morgan fingerprint density at radius 3 is 2.48 bits per heavy atom. The normalized spacial score (nSPS) is 15.4. The summed E-state index contributed by atoms with van der Waals surface area (Å²) in [5.41, 5.74) is -1.91. The van der Waals surface area contributed by atoms with Crippen molar-refractivity contribution in [3.8, 4) is 0 Å². The molecule has 0 atom stereocenters. The van der Waals surface area contributed by atoms with Crippen LogP contribution in [0.5, 0.6) is 0 Å². The van der Waals surface area contributed by atoms with Gasteiger partial charge in [-0.3, -0.25) is 4.79 Å². The molecule has 1 N–H and O–H groups in total. The third-order valence-corrected chi connectivity index (χ3v) is 3.53. The number of halogens is 3. The largest absolute Gasteiger partial charge is 0.477 e. The summed E-state index contributed by atoms with van der Waals surface area (Å²) in [4.78, 5) is 23.1. The number of carboxylic acids is 1. The van der Waals surface area contributed by atoms with Crippen LogP contribution in [-0.2, 0) is 6.18 Å². The van der Waals surface area contributed by atoms with Gasteiger partial charge in [0, 0.05) is 17.6 Å². The summed E-state index contributed by atoms with van der Waals surface area (Å²) < 4.78 is 39.8. The number of fused-ring (bicyclic) bond motifs is 1.